The van der Waals surface area contributed by atoms with Crippen molar-refractivity contribution in [3.63, 3.8) is 0 Å². The van der Waals surface area contributed by atoms with Crippen molar-refractivity contribution in [2.45, 2.75) is 6.92 Å². The van der Waals surface area contributed by atoms with Crippen LogP contribution in [0.3, 0.4) is 0 Å². The number of hydrogen-bond donors (Lipinski definition) is 0. The maximum absolute atomic E-state index is 13.9. The van der Waals surface area contributed by atoms with Crippen LogP contribution in [0.2, 0.25) is 5.02 Å². The maximum Gasteiger partial charge on any atom is 0.258 e. The molecule has 25 heavy (non-hydrogen) atoms. The Morgan fingerprint density at radius 3 is 2.64 bits per heavy atom. The van der Waals surface area contributed by atoms with Gasteiger partial charge in [0.1, 0.15) is 17.6 Å². The minimum atomic E-state index is -0.624. The lowest BCUT2D eigenvalue weighted by atomic mass is 10.1. The largest absolute Gasteiger partial charge is 0.337 e. The number of nitrogens with zero attached hydrogens (tertiary/aromatic N) is 5. The number of aryl methyl sites for hydroxylation is 1. The number of anilines is 1. The van der Waals surface area contributed by atoms with Crippen LogP contribution < -0.4 is 4.90 Å². The van der Waals surface area contributed by atoms with Gasteiger partial charge < -0.3 is 9.80 Å². The second-order valence-corrected chi connectivity index (χ2v) is 6.09. The van der Waals surface area contributed by atoms with Gasteiger partial charge in [0.2, 0.25) is 5.95 Å². The zero-order chi connectivity index (χ0) is 18.0. The molecule has 1 aliphatic heterocycles. The number of benzene rings is 1. The number of amides is 1. The maximum atomic E-state index is 13.9. The van der Waals surface area contributed by atoms with Crippen molar-refractivity contribution in [1.29, 1.82) is 5.26 Å². The molecule has 0 bridgehead atoms. The zero-order valence-corrected chi connectivity index (χ0v) is 14.3. The highest BCUT2D eigenvalue weighted by molar-refractivity contribution is 6.33. The molecule has 0 aliphatic carbocycles. The fourth-order valence-electron chi connectivity index (χ4n) is 2.72. The number of nitriles is 1. The van der Waals surface area contributed by atoms with Gasteiger partial charge in [0.25, 0.3) is 5.91 Å². The molecule has 128 valence electrons. The number of aromatic nitrogens is 2. The predicted molar refractivity (Wildman–Crippen MR) is 91.0 cm³/mol. The van der Waals surface area contributed by atoms with Crippen LogP contribution in [0.5, 0.6) is 0 Å². The Labute approximate surface area is 149 Å². The van der Waals surface area contributed by atoms with E-state index in [-0.39, 0.29) is 10.6 Å². The van der Waals surface area contributed by atoms with Gasteiger partial charge >= 0.3 is 0 Å². The van der Waals surface area contributed by atoms with E-state index in [1.165, 1.54) is 18.2 Å². The fraction of sp³-hybridized carbons (Fsp3) is 0.294. The third kappa shape index (κ3) is 3.54. The van der Waals surface area contributed by atoms with E-state index in [1.807, 2.05) is 11.0 Å². The molecule has 8 heteroatoms. The topological polar surface area (TPSA) is 73.1 Å². The quantitative estimate of drug-likeness (QED) is 0.823. The summed E-state index contributed by atoms with van der Waals surface area (Å²) in [6, 6.07) is 7.81. The van der Waals surface area contributed by atoms with Crippen LogP contribution in [0.25, 0.3) is 0 Å². The monoisotopic (exact) mass is 359 g/mol. The fourth-order valence-corrected chi connectivity index (χ4v) is 2.97. The molecule has 0 saturated carbocycles. The third-order valence-electron chi connectivity index (χ3n) is 3.98. The summed E-state index contributed by atoms with van der Waals surface area (Å²) in [5.74, 6) is -0.584. The number of rotatable bonds is 2. The van der Waals surface area contributed by atoms with Gasteiger partial charge in [-0.05, 0) is 25.1 Å². The summed E-state index contributed by atoms with van der Waals surface area (Å²) >= 11 is 5.97. The zero-order valence-electron chi connectivity index (χ0n) is 13.5. The van der Waals surface area contributed by atoms with Gasteiger partial charge in [0.15, 0.2) is 0 Å². The highest BCUT2D eigenvalue weighted by Gasteiger charge is 2.27. The van der Waals surface area contributed by atoms with Crippen molar-refractivity contribution in [3.05, 3.63) is 52.1 Å². The molecule has 6 nitrogen and oxygen atoms in total. The predicted octanol–water partition coefficient (Wildman–Crippen LogP) is 2.41. The van der Waals surface area contributed by atoms with Crippen LogP contribution in [-0.4, -0.2) is 47.0 Å². The van der Waals surface area contributed by atoms with Crippen molar-refractivity contribution in [3.8, 4) is 6.07 Å². The van der Waals surface area contributed by atoms with Crippen LogP contribution in [0, 0.1) is 24.1 Å². The smallest absolute Gasteiger partial charge is 0.258 e. The van der Waals surface area contributed by atoms with Gasteiger partial charge in [-0.2, -0.15) is 5.26 Å². The molecule has 1 fully saturated rings. The van der Waals surface area contributed by atoms with E-state index in [9.17, 15) is 9.18 Å². The summed E-state index contributed by atoms with van der Waals surface area (Å²) < 4.78 is 13.9. The molecular weight excluding hydrogens is 345 g/mol. The number of carbonyl (C=O) groups excluding carboxylic acids is 1. The van der Waals surface area contributed by atoms with Gasteiger partial charge in [-0.15, -0.1) is 0 Å². The van der Waals surface area contributed by atoms with Crippen molar-refractivity contribution in [2.75, 3.05) is 31.1 Å². The Balaban J connectivity index is 1.73. The highest BCUT2D eigenvalue weighted by Crippen LogP contribution is 2.22. The molecule has 0 unspecified atom stereocenters. The average molecular weight is 360 g/mol. The van der Waals surface area contributed by atoms with Gasteiger partial charge in [0.05, 0.1) is 10.6 Å². The summed E-state index contributed by atoms with van der Waals surface area (Å²) in [6.45, 7) is 3.57. The van der Waals surface area contributed by atoms with Crippen molar-refractivity contribution in [2.24, 2.45) is 0 Å². The molecule has 2 aromatic rings. The minimum Gasteiger partial charge on any atom is -0.337 e. The standard InChI is InChI=1S/C17H15ClFN5O/c1-11-9-12(10-20)22-17(21-11)24-7-5-23(6-8-24)16(25)15-13(18)3-2-4-14(15)19/h2-4,9H,5-8H2,1H3. The number of halogens is 2. The summed E-state index contributed by atoms with van der Waals surface area (Å²) in [4.78, 5) is 24.6. The second kappa shape index (κ2) is 7.03. The van der Waals surface area contributed by atoms with E-state index >= 15 is 0 Å². The normalized spacial score (nSPS) is 14.3. The first-order chi connectivity index (χ1) is 12.0. The van der Waals surface area contributed by atoms with Gasteiger partial charge in [-0.25, -0.2) is 14.4 Å². The van der Waals surface area contributed by atoms with Crippen LogP contribution in [-0.2, 0) is 0 Å². The van der Waals surface area contributed by atoms with Crippen LogP contribution in [0.4, 0.5) is 10.3 Å². The van der Waals surface area contributed by atoms with Gasteiger partial charge in [-0.1, -0.05) is 17.7 Å². The molecule has 1 saturated heterocycles. The second-order valence-electron chi connectivity index (χ2n) is 5.68. The lowest BCUT2D eigenvalue weighted by Crippen LogP contribution is -2.49. The minimum absolute atomic E-state index is 0.101. The van der Waals surface area contributed by atoms with Crippen molar-refractivity contribution in [1.82, 2.24) is 14.9 Å². The van der Waals surface area contributed by atoms with Crippen molar-refractivity contribution >= 4 is 23.5 Å². The Hall–Kier alpha value is -2.72. The Bertz CT molecular complexity index is 838. The first kappa shape index (κ1) is 17.1. The average Bonchev–Trinajstić information content (AvgIpc) is 2.61. The Morgan fingerprint density at radius 2 is 2.00 bits per heavy atom. The number of piperazine rings is 1. The van der Waals surface area contributed by atoms with E-state index < -0.39 is 11.7 Å². The van der Waals surface area contributed by atoms with Gasteiger partial charge in [0, 0.05) is 31.9 Å². The first-order valence-electron chi connectivity index (χ1n) is 7.73. The summed E-state index contributed by atoms with van der Waals surface area (Å²) in [6.07, 6.45) is 0. The lowest BCUT2D eigenvalue weighted by molar-refractivity contribution is 0.0741. The molecule has 1 aromatic carbocycles. The lowest BCUT2D eigenvalue weighted by Gasteiger charge is -2.35. The molecule has 0 spiro atoms. The third-order valence-corrected chi connectivity index (χ3v) is 4.30. The van der Waals surface area contributed by atoms with E-state index in [2.05, 4.69) is 9.97 Å². The van der Waals surface area contributed by atoms with Crippen molar-refractivity contribution < 1.29 is 9.18 Å². The summed E-state index contributed by atoms with van der Waals surface area (Å²) in [5.41, 5.74) is 0.911. The molecular formula is C17H15ClFN5O. The Morgan fingerprint density at radius 1 is 1.28 bits per heavy atom. The molecule has 0 atom stereocenters. The summed E-state index contributed by atoms with van der Waals surface area (Å²) in [5, 5.41) is 9.12. The highest BCUT2D eigenvalue weighted by atomic mass is 35.5. The molecule has 1 amide bonds. The van der Waals surface area contributed by atoms with E-state index in [1.54, 1.807) is 17.9 Å². The molecule has 1 aromatic heterocycles. The molecule has 1 aliphatic rings. The summed E-state index contributed by atoms with van der Waals surface area (Å²) in [7, 11) is 0. The van der Waals surface area contributed by atoms with E-state index in [0.29, 0.717) is 43.5 Å². The van der Waals surface area contributed by atoms with Crippen LogP contribution >= 0.6 is 11.6 Å². The number of hydrogen-bond acceptors (Lipinski definition) is 5. The van der Waals surface area contributed by atoms with E-state index in [0.717, 1.165) is 0 Å². The van der Waals surface area contributed by atoms with E-state index in [4.69, 9.17) is 16.9 Å². The van der Waals surface area contributed by atoms with Gasteiger partial charge in [-0.3, -0.25) is 4.79 Å². The molecule has 0 radical (unpaired) electrons. The number of carbonyl (C=O) groups is 1. The van der Waals surface area contributed by atoms with Crippen LogP contribution in [0.15, 0.2) is 24.3 Å². The first-order valence-corrected chi connectivity index (χ1v) is 8.11. The molecule has 0 N–H and O–H groups in total. The Kier molecular flexibility index (Phi) is 4.81. The SMILES string of the molecule is Cc1cc(C#N)nc(N2CCN(C(=O)c3c(F)cccc3Cl)CC2)n1. The molecule has 2 heterocycles. The molecule has 3 rings (SSSR count). The van der Waals surface area contributed by atoms with Crippen LogP contribution in [0.1, 0.15) is 21.7 Å².